The van der Waals surface area contributed by atoms with Gasteiger partial charge in [0.05, 0.1) is 16.6 Å². The van der Waals surface area contributed by atoms with Gasteiger partial charge in [0.2, 0.25) is 11.2 Å². The number of aryl methyl sites for hydroxylation is 1. The molecule has 0 saturated heterocycles. The molecule has 0 saturated carbocycles. The highest BCUT2D eigenvalue weighted by molar-refractivity contribution is 7.98. The molecule has 5 aromatic rings. The van der Waals surface area contributed by atoms with Gasteiger partial charge in [-0.15, -0.1) is 21.5 Å². The van der Waals surface area contributed by atoms with E-state index in [9.17, 15) is 4.79 Å². The van der Waals surface area contributed by atoms with Crippen LogP contribution in [0.25, 0.3) is 16.1 Å². The van der Waals surface area contributed by atoms with E-state index in [4.69, 9.17) is 23.2 Å². The molecule has 9 heteroatoms. The Morgan fingerprint density at radius 1 is 0.971 bits per heavy atom. The van der Waals surface area contributed by atoms with Gasteiger partial charge in [-0.25, -0.2) is 4.40 Å². The first-order chi connectivity index (χ1) is 16.6. The summed E-state index contributed by atoms with van der Waals surface area (Å²) < 4.78 is 4.09. The molecule has 0 bridgehead atoms. The molecular formula is C25H20Cl2N4OS2. The van der Waals surface area contributed by atoms with E-state index < -0.39 is 0 Å². The van der Waals surface area contributed by atoms with E-state index in [1.807, 2.05) is 41.0 Å². The number of imidazole rings is 1. The molecule has 34 heavy (non-hydrogen) atoms. The molecule has 0 N–H and O–H groups in total. The maximum Gasteiger partial charge on any atom is 0.238 e. The van der Waals surface area contributed by atoms with Crippen molar-refractivity contribution >= 4 is 62.4 Å². The first kappa shape index (κ1) is 22.2. The Hall–Kier alpha value is -2.32. The highest BCUT2D eigenvalue weighted by atomic mass is 35.5. The summed E-state index contributed by atoms with van der Waals surface area (Å²) >= 11 is 15.6. The molecule has 0 unspecified atom stereocenters. The lowest BCUT2D eigenvalue weighted by atomic mass is 9.98. The summed E-state index contributed by atoms with van der Waals surface area (Å²) in [5, 5.41) is 10.9. The van der Waals surface area contributed by atoms with Crippen molar-refractivity contribution < 1.29 is 0 Å². The van der Waals surface area contributed by atoms with E-state index in [0.717, 1.165) is 57.9 Å². The summed E-state index contributed by atoms with van der Waals surface area (Å²) in [6.45, 7) is 0.574. The molecule has 3 heterocycles. The fourth-order valence-electron chi connectivity index (χ4n) is 4.53. The van der Waals surface area contributed by atoms with Gasteiger partial charge in [-0.3, -0.25) is 9.36 Å². The average molecular weight is 528 g/mol. The molecule has 0 atom stereocenters. The molecule has 0 spiro atoms. The van der Waals surface area contributed by atoms with Crippen LogP contribution in [0.1, 0.15) is 34.4 Å². The van der Waals surface area contributed by atoms with E-state index in [1.165, 1.54) is 4.88 Å². The number of benzene rings is 2. The average Bonchev–Trinajstić information content (AvgIpc) is 3.40. The van der Waals surface area contributed by atoms with Gasteiger partial charge in [-0.05, 0) is 48.9 Å². The lowest BCUT2D eigenvalue weighted by Crippen LogP contribution is -2.18. The maximum atomic E-state index is 13.7. The molecule has 1 aliphatic carbocycles. The Bertz CT molecular complexity index is 1590. The number of halogens is 2. The molecular weight excluding hydrogens is 507 g/mol. The van der Waals surface area contributed by atoms with Crippen molar-refractivity contribution in [1.29, 1.82) is 0 Å². The summed E-state index contributed by atoms with van der Waals surface area (Å²) in [6, 6.07) is 15.8. The number of thioether (sulfide) groups is 1. The quantitative estimate of drug-likeness (QED) is 0.241. The fourth-order valence-corrected chi connectivity index (χ4v) is 7.14. The molecule has 6 rings (SSSR count). The smallest absolute Gasteiger partial charge is 0.238 e. The Labute approximate surface area is 214 Å². The highest BCUT2D eigenvalue weighted by Crippen LogP contribution is 2.34. The van der Waals surface area contributed by atoms with E-state index in [-0.39, 0.29) is 5.43 Å². The van der Waals surface area contributed by atoms with Crippen molar-refractivity contribution in [2.24, 2.45) is 0 Å². The van der Waals surface area contributed by atoms with Gasteiger partial charge in [0.25, 0.3) is 0 Å². The van der Waals surface area contributed by atoms with Gasteiger partial charge in [0, 0.05) is 16.2 Å². The van der Waals surface area contributed by atoms with Gasteiger partial charge >= 0.3 is 0 Å². The zero-order valence-corrected chi connectivity index (χ0v) is 21.3. The van der Waals surface area contributed by atoms with Gasteiger partial charge in [-0.1, -0.05) is 71.4 Å². The minimum atomic E-state index is 0.144. The number of hydrogen-bond acceptors (Lipinski definition) is 5. The van der Waals surface area contributed by atoms with Crippen LogP contribution in [0.2, 0.25) is 10.0 Å². The second-order valence-corrected chi connectivity index (χ2v) is 11.3. The van der Waals surface area contributed by atoms with Crippen molar-refractivity contribution in [2.75, 3.05) is 0 Å². The molecule has 1 aliphatic rings. The minimum absolute atomic E-state index is 0.144. The lowest BCUT2D eigenvalue weighted by molar-refractivity contribution is 0.691. The largest absolute Gasteiger partial charge is 0.300 e. The van der Waals surface area contributed by atoms with E-state index in [1.54, 1.807) is 23.1 Å². The number of hydrogen-bond donors (Lipinski definition) is 0. The molecule has 0 radical (unpaired) electrons. The van der Waals surface area contributed by atoms with Crippen LogP contribution in [0.5, 0.6) is 0 Å². The van der Waals surface area contributed by atoms with E-state index in [2.05, 4.69) is 26.7 Å². The van der Waals surface area contributed by atoms with Crippen LogP contribution in [-0.2, 0) is 25.1 Å². The first-order valence-corrected chi connectivity index (χ1v) is 13.7. The van der Waals surface area contributed by atoms with Gasteiger partial charge < -0.3 is 0 Å². The normalized spacial score (nSPS) is 13.6. The molecule has 0 fully saturated rings. The van der Waals surface area contributed by atoms with E-state index in [0.29, 0.717) is 28.1 Å². The molecule has 0 aliphatic heterocycles. The molecule has 2 aromatic carbocycles. The number of aromatic nitrogens is 4. The van der Waals surface area contributed by atoms with Crippen molar-refractivity contribution in [3.8, 4) is 0 Å². The molecule has 172 valence electrons. The van der Waals surface area contributed by atoms with Crippen LogP contribution in [-0.4, -0.2) is 19.2 Å². The topological polar surface area (TPSA) is 52.2 Å². The first-order valence-electron chi connectivity index (χ1n) is 11.1. The van der Waals surface area contributed by atoms with Crippen molar-refractivity contribution in [1.82, 2.24) is 19.2 Å². The Morgan fingerprint density at radius 3 is 2.62 bits per heavy atom. The van der Waals surface area contributed by atoms with Gasteiger partial charge in [0.15, 0.2) is 5.16 Å². The number of fused-ring (bicyclic) bond motifs is 4. The standard InChI is InChI=1S/C25H20Cl2N4OS2/c26-18-11-10-16(12-19(18)27)14-33-25-29-28-24-30(13-15-6-2-1-3-7-15)21-22(32)17-8-4-5-9-20(17)34-23(21)31(24)25/h1-3,6-7,10-12H,4-5,8-9,13-14H2. The Morgan fingerprint density at radius 2 is 1.79 bits per heavy atom. The zero-order chi connectivity index (χ0) is 23.2. The fraction of sp³-hybridized carbons (Fsp3) is 0.240. The van der Waals surface area contributed by atoms with Crippen LogP contribution in [0.3, 0.4) is 0 Å². The van der Waals surface area contributed by atoms with Crippen LogP contribution < -0.4 is 5.43 Å². The van der Waals surface area contributed by atoms with Crippen molar-refractivity contribution in [3.63, 3.8) is 0 Å². The lowest BCUT2D eigenvalue weighted by Gasteiger charge is -2.14. The summed E-state index contributed by atoms with van der Waals surface area (Å²) in [7, 11) is 0. The predicted molar refractivity (Wildman–Crippen MR) is 141 cm³/mol. The highest BCUT2D eigenvalue weighted by Gasteiger charge is 2.25. The predicted octanol–water partition coefficient (Wildman–Crippen LogP) is 6.63. The summed E-state index contributed by atoms with van der Waals surface area (Å²) in [5.74, 6) is 1.37. The summed E-state index contributed by atoms with van der Waals surface area (Å²) in [5.41, 5.74) is 4.03. The number of nitrogens with zero attached hydrogens (tertiary/aromatic N) is 4. The van der Waals surface area contributed by atoms with Gasteiger partial charge in [0.1, 0.15) is 10.3 Å². The maximum absolute atomic E-state index is 13.7. The van der Waals surface area contributed by atoms with Crippen molar-refractivity contribution in [2.45, 2.75) is 43.1 Å². The van der Waals surface area contributed by atoms with Gasteiger partial charge in [-0.2, -0.15) is 0 Å². The van der Waals surface area contributed by atoms with Crippen LogP contribution >= 0.6 is 46.3 Å². The monoisotopic (exact) mass is 526 g/mol. The molecule has 3 aromatic heterocycles. The third-order valence-corrected chi connectivity index (χ3v) is 9.20. The zero-order valence-electron chi connectivity index (χ0n) is 18.1. The third kappa shape index (κ3) is 3.85. The Kier molecular flexibility index (Phi) is 5.89. The summed E-state index contributed by atoms with van der Waals surface area (Å²) in [4.78, 5) is 15.8. The van der Waals surface area contributed by atoms with Crippen molar-refractivity contribution in [3.05, 3.63) is 90.4 Å². The second-order valence-electron chi connectivity index (χ2n) is 8.42. The van der Waals surface area contributed by atoms with E-state index >= 15 is 0 Å². The minimum Gasteiger partial charge on any atom is -0.300 e. The van der Waals surface area contributed by atoms with Crippen LogP contribution in [0.15, 0.2) is 58.5 Å². The Balaban J connectivity index is 1.50. The SMILES string of the molecule is O=c1c2c(sc3c1n(Cc1ccccc1)c1nnc(SCc4ccc(Cl)c(Cl)c4)n31)CCCC2. The van der Waals surface area contributed by atoms with Crippen LogP contribution in [0, 0.1) is 0 Å². The second kappa shape index (κ2) is 9.04. The molecule has 0 amide bonds. The summed E-state index contributed by atoms with van der Waals surface area (Å²) in [6.07, 6.45) is 4.02. The van der Waals surface area contributed by atoms with Crippen LogP contribution in [0.4, 0.5) is 0 Å². The third-order valence-electron chi connectivity index (χ3n) is 6.19. The number of rotatable bonds is 5. The molecule has 5 nitrogen and oxygen atoms in total.